The molecule has 6 nitrogen and oxygen atoms in total. The lowest BCUT2D eigenvalue weighted by Gasteiger charge is -2.34. The molecule has 2 heterocycles. The molecule has 1 fully saturated rings. The Labute approximate surface area is 158 Å². The highest BCUT2D eigenvalue weighted by Crippen LogP contribution is 2.32. The van der Waals surface area contributed by atoms with Crippen molar-refractivity contribution in [3.05, 3.63) is 53.6 Å². The summed E-state index contributed by atoms with van der Waals surface area (Å²) in [7, 11) is 0. The van der Waals surface area contributed by atoms with Gasteiger partial charge in [-0.1, -0.05) is 12.1 Å². The molecule has 0 spiro atoms. The Morgan fingerprint density at radius 1 is 1.00 bits per heavy atom. The summed E-state index contributed by atoms with van der Waals surface area (Å²) in [5, 5.41) is 0. The number of nitrogens with zero attached hydrogens (tertiary/aromatic N) is 2. The van der Waals surface area contributed by atoms with E-state index in [1.54, 1.807) is 18.2 Å². The van der Waals surface area contributed by atoms with Crippen LogP contribution < -0.4 is 15.2 Å². The van der Waals surface area contributed by atoms with Crippen LogP contribution in [0.4, 0.5) is 5.69 Å². The predicted molar refractivity (Wildman–Crippen MR) is 102 cm³/mol. The molecule has 2 aromatic carbocycles. The monoisotopic (exact) mass is 375 g/mol. The highest BCUT2D eigenvalue weighted by atomic mass is 35.5. The first kappa shape index (κ1) is 18.4. The summed E-state index contributed by atoms with van der Waals surface area (Å²) in [6.45, 7) is 4.22. The number of anilines is 1. The number of hydrogen-bond donors (Lipinski definition) is 1. The molecule has 2 N–H and O–H groups in total. The van der Waals surface area contributed by atoms with Crippen LogP contribution in [0.1, 0.15) is 15.9 Å². The predicted octanol–water partition coefficient (Wildman–Crippen LogP) is 2.38. The minimum Gasteiger partial charge on any atom is -0.454 e. The number of hydrogen-bond acceptors (Lipinski definition) is 5. The molecule has 2 aromatic rings. The summed E-state index contributed by atoms with van der Waals surface area (Å²) < 4.78 is 10.7. The number of fused-ring (bicyclic) bond motifs is 1. The number of ether oxygens (including phenoxy) is 2. The number of benzene rings is 2. The van der Waals surface area contributed by atoms with Crippen molar-refractivity contribution < 1.29 is 14.3 Å². The molecule has 0 saturated carbocycles. The average molecular weight is 376 g/mol. The van der Waals surface area contributed by atoms with Crippen LogP contribution in [0.2, 0.25) is 0 Å². The van der Waals surface area contributed by atoms with Gasteiger partial charge in [-0.25, -0.2) is 0 Å². The zero-order valence-electron chi connectivity index (χ0n) is 14.4. The number of rotatable bonds is 3. The summed E-state index contributed by atoms with van der Waals surface area (Å²) in [4.78, 5) is 16.9. The van der Waals surface area contributed by atoms with E-state index >= 15 is 0 Å². The molecule has 0 atom stereocenters. The maximum Gasteiger partial charge on any atom is 0.254 e. The molecule has 2 aliphatic rings. The molecular formula is C19H22ClN3O3. The van der Waals surface area contributed by atoms with Gasteiger partial charge in [-0.15, -0.1) is 12.4 Å². The van der Waals surface area contributed by atoms with Crippen LogP contribution in [0.5, 0.6) is 11.5 Å². The summed E-state index contributed by atoms with van der Waals surface area (Å²) in [6, 6.07) is 13.3. The molecule has 1 saturated heterocycles. The van der Waals surface area contributed by atoms with Crippen molar-refractivity contribution in [2.24, 2.45) is 0 Å². The third-order valence-electron chi connectivity index (χ3n) is 4.64. The molecular weight excluding hydrogens is 354 g/mol. The smallest absolute Gasteiger partial charge is 0.254 e. The van der Waals surface area contributed by atoms with E-state index in [-0.39, 0.29) is 25.1 Å². The minimum atomic E-state index is 0. The zero-order chi connectivity index (χ0) is 17.2. The van der Waals surface area contributed by atoms with Crippen molar-refractivity contribution in [1.82, 2.24) is 9.80 Å². The van der Waals surface area contributed by atoms with Gasteiger partial charge in [-0.3, -0.25) is 9.69 Å². The fourth-order valence-electron chi connectivity index (χ4n) is 3.27. The molecule has 0 unspecified atom stereocenters. The van der Waals surface area contributed by atoms with E-state index in [9.17, 15) is 4.79 Å². The first-order valence-corrected chi connectivity index (χ1v) is 8.45. The van der Waals surface area contributed by atoms with Crippen LogP contribution in [-0.4, -0.2) is 48.7 Å². The molecule has 1 amide bonds. The molecule has 138 valence electrons. The highest BCUT2D eigenvalue weighted by Gasteiger charge is 2.24. The Balaban J connectivity index is 0.00000196. The van der Waals surface area contributed by atoms with E-state index in [2.05, 4.69) is 11.0 Å². The van der Waals surface area contributed by atoms with Gasteiger partial charge in [-0.2, -0.15) is 0 Å². The van der Waals surface area contributed by atoms with Crippen molar-refractivity contribution >= 4 is 24.0 Å². The van der Waals surface area contributed by atoms with Gasteiger partial charge in [0.25, 0.3) is 5.91 Å². The normalized spacial score (nSPS) is 16.2. The maximum atomic E-state index is 12.7. The number of halogens is 1. The summed E-state index contributed by atoms with van der Waals surface area (Å²) in [5.41, 5.74) is 8.48. The van der Waals surface area contributed by atoms with Gasteiger partial charge in [0.15, 0.2) is 11.5 Å². The van der Waals surface area contributed by atoms with E-state index in [4.69, 9.17) is 15.2 Å². The molecule has 4 rings (SSSR count). The zero-order valence-corrected chi connectivity index (χ0v) is 15.2. The standard InChI is InChI=1S/C19H21N3O3.ClH/c20-16-3-1-2-14(10-16)12-21-6-8-22(9-7-21)19(23)15-4-5-17-18(11-15)25-13-24-17;/h1-5,10-11H,6-9,12-13,20H2;1H. The molecule has 0 aromatic heterocycles. The molecule has 0 radical (unpaired) electrons. The minimum absolute atomic E-state index is 0. The largest absolute Gasteiger partial charge is 0.454 e. The summed E-state index contributed by atoms with van der Waals surface area (Å²) >= 11 is 0. The number of carbonyl (C=O) groups excluding carboxylic acids is 1. The molecule has 26 heavy (non-hydrogen) atoms. The van der Waals surface area contributed by atoms with Crippen LogP contribution in [-0.2, 0) is 6.54 Å². The summed E-state index contributed by atoms with van der Waals surface area (Å²) in [6.07, 6.45) is 0. The third-order valence-corrected chi connectivity index (χ3v) is 4.64. The van der Waals surface area contributed by atoms with Crippen molar-refractivity contribution in [1.29, 1.82) is 0 Å². The van der Waals surface area contributed by atoms with Gasteiger partial charge >= 0.3 is 0 Å². The molecule has 0 aliphatic carbocycles. The second-order valence-electron chi connectivity index (χ2n) is 6.38. The Hall–Kier alpha value is -2.44. The topological polar surface area (TPSA) is 68.0 Å². The second kappa shape index (κ2) is 7.85. The van der Waals surface area contributed by atoms with Crippen molar-refractivity contribution in [2.75, 3.05) is 38.7 Å². The van der Waals surface area contributed by atoms with Crippen LogP contribution >= 0.6 is 12.4 Å². The molecule has 2 aliphatic heterocycles. The second-order valence-corrected chi connectivity index (χ2v) is 6.38. The number of piperazine rings is 1. The van der Waals surface area contributed by atoms with Crippen molar-refractivity contribution in [2.45, 2.75) is 6.54 Å². The number of amides is 1. The van der Waals surface area contributed by atoms with Crippen LogP contribution in [0, 0.1) is 0 Å². The Morgan fingerprint density at radius 3 is 2.54 bits per heavy atom. The fourth-order valence-corrected chi connectivity index (χ4v) is 3.27. The van der Waals surface area contributed by atoms with E-state index in [1.807, 2.05) is 23.1 Å². The third kappa shape index (κ3) is 3.86. The number of carbonyl (C=O) groups is 1. The lowest BCUT2D eigenvalue weighted by Crippen LogP contribution is -2.48. The lowest BCUT2D eigenvalue weighted by molar-refractivity contribution is 0.0628. The SMILES string of the molecule is Cl.Nc1cccc(CN2CCN(C(=O)c3ccc4c(c3)OCO4)CC2)c1. The van der Waals surface area contributed by atoms with Gasteiger partial charge in [0.05, 0.1) is 0 Å². The Morgan fingerprint density at radius 2 is 1.77 bits per heavy atom. The first-order chi connectivity index (χ1) is 12.2. The van der Waals surface area contributed by atoms with Gasteiger partial charge < -0.3 is 20.1 Å². The maximum absolute atomic E-state index is 12.7. The van der Waals surface area contributed by atoms with E-state index in [1.165, 1.54) is 5.56 Å². The molecule has 0 bridgehead atoms. The van der Waals surface area contributed by atoms with Crippen molar-refractivity contribution in [3.8, 4) is 11.5 Å². The summed E-state index contributed by atoms with van der Waals surface area (Å²) in [5.74, 6) is 1.39. The fraction of sp³-hybridized carbons (Fsp3) is 0.316. The first-order valence-electron chi connectivity index (χ1n) is 8.45. The van der Waals surface area contributed by atoms with Crippen LogP contribution in [0.25, 0.3) is 0 Å². The number of nitrogen functional groups attached to an aromatic ring is 1. The van der Waals surface area contributed by atoms with E-state index in [0.717, 1.165) is 38.4 Å². The van der Waals surface area contributed by atoms with Crippen LogP contribution in [0.3, 0.4) is 0 Å². The van der Waals surface area contributed by atoms with Crippen LogP contribution in [0.15, 0.2) is 42.5 Å². The average Bonchev–Trinajstić information content (AvgIpc) is 3.09. The lowest BCUT2D eigenvalue weighted by atomic mass is 10.1. The van der Waals surface area contributed by atoms with Gasteiger partial charge in [-0.05, 0) is 35.9 Å². The van der Waals surface area contributed by atoms with E-state index in [0.29, 0.717) is 17.1 Å². The van der Waals surface area contributed by atoms with Gasteiger partial charge in [0, 0.05) is 44.0 Å². The van der Waals surface area contributed by atoms with Crippen molar-refractivity contribution in [3.63, 3.8) is 0 Å². The Kier molecular flexibility index (Phi) is 5.54. The van der Waals surface area contributed by atoms with E-state index < -0.39 is 0 Å². The van der Waals surface area contributed by atoms with Gasteiger partial charge in [0.2, 0.25) is 6.79 Å². The molecule has 7 heteroatoms. The Bertz CT molecular complexity index is 791. The highest BCUT2D eigenvalue weighted by molar-refractivity contribution is 5.95. The van der Waals surface area contributed by atoms with Gasteiger partial charge in [0.1, 0.15) is 0 Å². The number of nitrogens with two attached hydrogens (primary N) is 1. The quantitative estimate of drug-likeness (QED) is 0.834.